The van der Waals surface area contributed by atoms with Gasteiger partial charge in [0.2, 0.25) is 0 Å². The van der Waals surface area contributed by atoms with E-state index in [-0.39, 0.29) is 6.29 Å². The van der Waals surface area contributed by atoms with Crippen LogP contribution in [0.2, 0.25) is 0 Å². The van der Waals surface area contributed by atoms with E-state index in [1.54, 1.807) is 0 Å². The molecule has 26 heavy (non-hydrogen) atoms. The van der Waals surface area contributed by atoms with Crippen molar-refractivity contribution in [3.8, 4) is 0 Å². The van der Waals surface area contributed by atoms with E-state index >= 15 is 0 Å². The summed E-state index contributed by atoms with van der Waals surface area (Å²) in [6.07, 6.45) is -23.2. The van der Waals surface area contributed by atoms with E-state index < -0.39 is 62.2 Å². The summed E-state index contributed by atoms with van der Waals surface area (Å²) >= 11 is 0. The maximum atomic E-state index is 13.2. The first-order valence-corrected chi connectivity index (χ1v) is 7.28. The molecule has 0 N–H and O–H groups in total. The van der Waals surface area contributed by atoms with E-state index in [1.807, 2.05) is 20.6 Å². The number of aldehydes is 1. The minimum atomic E-state index is -6.28. The van der Waals surface area contributed by atoms with Gasteiger partial charge in [0, 0.05) is 6.42 Å². The predicted octanol–water partition coefficient (Wildman–Crippen LogP) is 5.99. The maximum Gasteiger partial charge on any atom is 0.431 e. The van der Waals surface area contributed by atoms with Gasteiger partial charge in [-0.3, -0.25) is 0 Å². The van der Waals surface area contributed by atoms with Crippen LogP contribution in [0.25, 0.3) is 0 Å². The molecule has 0 bridgehead atoms. The largest absolute Gasteiger partial charge is 0.431 e. The summed E-state index contributed by atoms with van der Waals surface area (Å²) in [6.45, 7) is 6.00. The average Bonchev–Trinajstić information content (AvgIpc) is 2.51. The number of halogens is 10. The fraction of sp³-hybridized carbons (Fsp3) is 0.857. The summed E-state index contributed by atoms with van der Waals surface area (Å²) in [5.74, 6) is -2.26. The van der Waals surface area contributed by atoms with Gasteiger partial charge in [0.05, 0.1) is 5.92 Å². The summed E-state index contributed by atoms with van der Waals surface area (Å²) in [6, 6.07) is 0. The SMILES string of the molecule is C=O.CC.O=CCCC(CCCC(F)(C(F)(F)F)C(F)(F)F)C(F)(F)F. The second kappa shape index (κ2) is 12.1. The second-order valence-electron chi connectivity index (χ2n) is 4.67. The van der Waals surface area contributed by atoms with Crippen LogP contribution >= 0.6 is 0 Å². The lowest BCUT2D eigenvalue weighted by molar-refractivity contribution is -0.343. The molecule has 0 aliphatic heterocycles. The van der Waals surface area contributed by atoms with Crippen LogP contribution in [0.1, 0.15) is 46.0 Å². The first-order chi connectivity index (χ1) is 11.7. The molecule has 0 aliphatic rings. The van der Waals surface area contributed by atoms with Crippen LogP contribution in [0.3, 0.4) is 0 Å². The third-order valence-corrected chi connectivity index (χ3v) is 3.07. The highest BCUT2D eigenvalue weighted by molar-refractivity contribution is 5.49. The molecule has 0 amide bonds. The van der Waals surface area contributed by atoms with Crippen molar-refractivity contribution >= 4 is 13.1 Å². The van der Waals surface area contributed by atoms with E-state index in [4.69, 9.17) is 4.79 Å². The van der Waals surface area contributed by atoms with Gasteiger partial charge in [-0.2, -0.15) is 39.5 Å². The van der Waals surface area contributed by atoms with E-state index in [9.17, 15) is 48.7 Å². The Hall–Kier alpha value is -1.36. The van der Waals surface area contributed by atoms with Gasteiger partial charge in [-0.05, 0) is 25.7 Å². The lowest BCUT2D eigenvalue weighted by Gasteiger charge is -2.30. The first kappa shape index (κ1) is 29.4. The van der Waals surface area contributed by atoms with Crippen LogP contribution in [0.4, 0.5) is 43.9 Å². The van der Waals surface area contributed by atoms with Gasteiger partial charge in [0.15, 0.2) is 0 Å². The Bertz CT molecular complexity index is 359. The highest BCUT2D eigenvalue weighted by Gasteiger charge is 2.71. The molecule has 0 rings (SSSR count). The Balaban J connectivity index is -0.00000123. The highest BCUT2D eigenvalue weighted by Crippen LogP contribution is 2.49. The van der Waals surface area contributed by atoms with Gasteiger partial charge < -0.3 is 9.59 Å². The molecule has 0 spiro atoms. The molecule has 0 radical (unpaired) electrons. The summed E-state index contributed by atoms with van der Waals surface area (Å²) in [4.78, 5) is 18.0. The Morgan fingerprint density at radius 2 is 1.19 bits per heavy atom. The molecule has 0 fully saturated rings. The number of rotatable bonds is 7. The van der Waals surface area contributed by atoms with Crippen molar-refractivity contribution in [3.05, 3.63) is 0 Å². The summed E-state index contributed by atoms with van der Waals surface area (Å²) in [7, 11) is 0. The molecule has 0 saturated heterocycles. The Morgan fingerprint density at radius 1 is 0.808 bits per heavy atom. The fourth-order valence-corrected chi connectivity index (χ4v) is 1.78. The van der Waals surface area contributed by atoms with Gasteiger partial charge in [-0.1, -0.05) is 13.8 Å². The average molecular weight is 410 g/mol. The van der Waals surface area contributed by atoms with Crippen molar-refractivity contribution in [2.75, 3.05) is 0 Å². The van der Waals surface area contributed by atoms with Crippen LogP contribution in [0.15, 0.2) is 0 Å². The van der Waals surface area contributed by atoms with Crippen molar-refractivity contribution in [2.24, 2.45) is 5.92 Å². The molecule has 0 aromatic heterocycles. The van der Waals surface area contributed by atoms with Crippen LogP contribution in [-0.4, -0.2) is 37.3 Å². The van der Waals surface area contributed by atoms with Gasteiger partial charge >= 0.3 is 18.5 Å². The predicted molar refractivity (Wildman–Crippen MR) is 73.1 cm³/mol. The number of hydrogen-bond acceptors (Lipinski definition) is 2. The van der Waals surface area contributed by atoms with Crippen molar-refractivity contribution in [3.63, 3.8) is 0 Å². The van der Waals surface area contributed by atoms with Gasteiger partial charge in [0.1, 0.15) is 13.1 Å². The highest BCUT2D eigenvalue weighted by atomic mass is 19.4. The lowest BCUT2D eigenvalue weighted by Crippen LogP contribution is -2.53. The molecule has 1 unspecified atom stereocenters. The zero-order valence-electron chi connectivity index (χ0n) is 14.0. The molecule has 0 heterocycles. The number of hydrogen-bond donors (Lipinski definition) is 0. The topological polar surface area (TPSA) is 34.1 Å². The zero-order valence-corrected chi connectivity index (χ0v) is 14.0. The van der Waals surface area contributed by atoms with Gasteiger partial charge in [-0.25, -0.2) is 4.39 Å². The van der Waals surface area contributed by atoms with Gasteiger partial charge in [0.25, 0.3) is 5.67 Å². The van der Waals surface area contributed by atoms with Crippen LogP contribution in [0, 0.1) is 5.92 Å². The Labute approximate surface area is 143 Å². The molecule has 1 atom stereocenters. The summed E-state index contributed by atoms with van der Waals surface area (Å²) < 4.78 is 124. The maximum absolute atomic E-state index is 13.2. The molecule has 2 nitrogen and oxygen atoms in total. The van der Waals surface area contributed by atoms with Crippen molar-refractivity contribution in [1.82, 2.24) is 0 Å². The van der Waals surface area contributed by atoms with Crippen LogP contribution in [0.5, 0.6) is 0 Å². The molecule has 0 aliphatic carbocycles. The van der Waals surface area contributed by atoms with Crippen molar-refractivity contribution < 1.29 is 53.5 Å². The Morgan fingerprint density at radius 3 is 1.46 bits per heavy atom. The van der Waals surface area contributed by atoms with E-state index in [0.717, 1.165) is 0 Å². The van der Waals surface area contributed by atoms with E-state index in [1.165, 1.54) is 0 Å². The number of carbonyl (C=O) groups excluding carboxylic acids is 2. The number of carbonyl (C=O) groups is 2. The minimum Gasteiger partial charge on any atom is -0.307 e. The molecule has 12 heteroatoms. The normalized spacial score (nSPS) is 13.7. The lowest BCUT2D eigenvalue weighted by atomic mass is 9.91. The number of alkyl halides is 10. The minimum absolute atomic E-state index is 0.142. The van der Waals surface area contributed by atoms with Crippen LogP contribution in [-0.2, 0) is 9.59 Å². The second-order valence-corrected chi connectivity index (χ2v) is 4.67. The monoisotopic (exact) mass is 410 g/mol. The van der Waals surface area contributed by atoms with E-state index in [2.05, 4.69) is 0 Å². The molecular weight excluding hydrogens is 390 g/mol. The summed E-state index contributed by atoms with van der Waals surface area (Å²) in [5, 5.41) is 0. The third-order valence-electron chi connectivity index (χ3n) is 3.07. The van der Waals surface area contributed by atoms with Crippen molar-refractivity contribution in [1.29, 1.82) is 0 Å². The molecule has 0 aromatic carbocycles. The molecular formula is C14H20F10O2. The van der Waals surface area contributed by atoms with Crippen LogP contribution < -0.4 is 0 Å². The van der Waals surface area contributed by atoms with Crippen molar-refractivity contribution in [2.45, 2.75) is 70.1 Å². The quantitative estimate of drug-likeness (QED) is 0.382. The molecule has 0 saturated carbocycles. The zero-order chi connectivity index (χ0) is 21.8. The van der Waals surface area contributed by atoms with E-state index in [0.29, 0.717) is 0 Å². The molecule has 158 valence electrons. The standard InChI is InChI=1S/C11H12F10O.C2H6.CH2O/c12-8(10(16,17)18,11(19,20)21)5-1-3-7(4-2-6-22)9(13,14)15;2*1-2/h6-7H,1-5H2;1-2H3;1H2. The Kier molecular flexibility index (Phi) is 13.7. The summed E-state index contributed by atoms with van der Waals surface area (Å²) in [5.41, 5.74) is -5.55. The fourth-order valence-electron chi connectivity index (χ4n) is 1.78. The molecule has 0 aromatic rings. The van der Waals surface area contributed by atoms with Gasteiger partial charge in [-0.15, -0.1) is 0 Å². The smallest absolute Gasteiger partial charge is 0.307 e. The first-order valence-electron chi connectivity index (χ1n) is 7.28. The third kappa shape index (κ3) is 9.37.